The van der Waals surface area contributed by atoms with Crippen LogP contribution in [0.25, 0.3) is 6.08 Å². The van der Waals surface area contributed by atoms with Crippen LogP contribution in [0, 0.1) is 0 Å². The van der Waals surface area contributed by atoms with Gasteiger partial charge in [-0.2, -0.15) is 0 Å². The average Bonchev–Trinajstić information content (AvgIpc) is 2.28. The summed E-state index contributed by atoms with van der Waals surface area (Å²) in [5, 5.41) is 8.47. The van der Waals surface area contributed by atoms with Gasteiger partial charge in [-0.25, -0.2) is 4.79 Å². The molecule has 0 aliphatic carbocycles. The number of carboxylic acid groups (broad SMARTS) is 1. The lowest BCUT2D eigenvalue weighted by atomic mass is 10.2. The smallest absolute Gasteiger partial charge is 0.353 e. The van der Waals surface area contributed by atoms with Crippen LogP contribution in [0.5, 0.6) is 0 Å². The van der Waals surface area contributed by atoms with E-state index in [-0.39, 0.29) is 12.3 Å². The predicted molar refractivity (Wildman–Crippen MR) is 65.8 cm³/mol. The Bertz CT molecular complexity index is 441. The fourth-order valence-corrected chi connectivity index (χ4v) is 1.07. The molecule has 0 saturated carbocycles. The first-order valence-corrected chi connectivity index (χ1v) is 4.91. The van der Waals surface area contributed by atoms with Crippen molar-refractivity contribution in [1.82, 2.24) is 5.48 Å². The zero-order valence-corrected chi connectivity index (χ0v) is 9.22. The van der Waals surface area contributed by atoms with Gasteiger partial charge in [0.05, 0.1) is 6.61 Å². The van der Waals surface area contributed by atoms with E-state index >= 15 is 0 Å². The number of anilines is 1. The number of hydroxylamine groups is 1. The Morgan fingerprint density at radius 3 is 3.00 bits per heavy atom. The maximum Gasteiger partial charge on any atom is 0.353 e. The Morgan fingerprint density at radius 1 is 1.59 bits per heavy atom. The lowest BCUT2D eigenvalue weighted by molar-refractivity contribution is -0.134. The zero-order valence-electron chi connectivity index (χ0n) is 9.22. The van der Waals surface area contributed by atoms with Crippen molar-refractivity contribution in [3.8, 4) is 0 Å². The predicted octanol–water partition coefficient (Wildman–Crippen LogP) is 1.40. The van der Waals surface area contributed by atoms with Crippen molar-refractivity contribution >= 4 is 17.7 Å². The first-order chi connectivity index (χ1) is 8.09. The van der Waals surface area contributed by atoms with Crippen LogP contribution in [0.1, 0.15) is 5.56 Å². The number of aliphatic carboxylic acids is 1. The van der Waals surface area contributed by atoms with E-state index in [2.05, 4.69) is 12.1 Å². The van der Waals surface area contributed by atoms with Crippen LogP contribution in [-0.4, -0.2) is 17.7 Å². The topological polar surface area (TPSA) is 84.6 Å². The number of carbonyl (C=O) groups is 1. The molecule has 0 amide bonds. The molecule has 0 radical (unpaired) electrons. The number of benzene rings is 1. The van der Waals surface area contributed by atoms with Crippen molar-refractivity contribution in [2.75, 3.05) is 12.3 Å². The van der Waals surface area contributed by atoms with Crippen molar-refractivity contribution in [2.45, 2.75) is 0 Å². The SMILES string of the molecule is C=C(NOCC=Cc1cccc(N)c1)C(=O)O. The van der Waals surface area contributed by atoms with Gasteiger partial charge in [-0.3, -0.25) is 10.3 Å². The summed E-state index contributed by atoms with van der Waals surface area (Å²) in [6.07, 6.45) is 3.55. The van der Waals surface area contributed by atoms with E-state index in [0.717, 1.165) is 5.56 Å². The first-order valence-electron chi connectivity index (χ1n) is 4.91. The highest BCUT2D eigenvalue weighted by molar-refractivity contribution is 5.84. The summed E-state index contributed by atoms with van der Waals surface area (Å²) in [5.41, 5.74) is 9.25. The molecule has 0 aromatic heterocycles. The lowest BCUT2D eigenvalue weighted by Crippen LogP contribution is -2.19. The van der Waals surface area contributed by atoms with E-state index in [1.54, 1.807) is 12.1 Å². The third-order valence-electron chi connectivity index (χ3n) is 1.85. The number of nitrogen functional groups attached to an aromatic ring is 1. The summed E-state index contributed by atoms with van der Waals surface area (Å²) < 4.78 is 0. The normalized spacial score (nSPS) is 10.4. The molecular formula is C12H14N2O3. The van der Waals surface area contributed by atoms with Gasteiger partial charge >= 0.3 is 5.97 Å². The van der Waals surface area contributed by atoms with Gasteiger partial charge < -0.3 is 10.8 Å². The fraction of sp³-hybridized carbons (Fsp3) is 0.0833. The van der Waals surface area contributed by atoms with Crippen molar-refractivity contribution in [3.63, 3.8) is 0 Å². The third-order valence-corrected chi connectivity index (χ3v) is 1.85. The van der Waals surface area contributed by atoms with Crippen molar-refractivity contribution in [3.05, 3.63) is 48.2 Å². The molecule has 1 aromatic rings. The molecule has 17 heavy (non-hydrogen) atoms. The highest BCUT2D eigenvalue weighted by Crippen LogP contribution is 2.07. The number of hydrogen-bond acceptors (Lipinski definition) is 4. The van der Waals surface area contributed by atoms with Gasteiger partial charge in [0.2, 0.25) is 0 Å². The molecule has 0 aliphatic heterocycles. The maximum atomic E-state index is 10.3. The Hall–Kier alpha value is -2.27. The van der Waals surface area contributed by atoms with E-state index in [0.29, 0.717) is 5.69 Å². The third kappa shape index (κ3) is 4.85. The minimum absolute atomic E-state index is 0.206. The molecule has 0 atom stereocenters. The number of rotatable bonds is 6. The minimum Gasteiger partial charge on any atom is -0.477 e. The molecular weight excluding hydrogens is 220 g/mol. The molecule has 0 bridgehead atoms. The molecule has 5 nitrogen and oxygen atoms in total. The van der Waals surface area contributed by atoms with Crippen LogP contribution in [-0.2, 0) is 9.63 Å². The Balaban J connectivity index is 2.32. The molecule has 0 fully saturated rings. The first kappa shape index (κ1) is 12.8. The molecule has 4 N–H and O–H groups in total. The van der Waals surface area contributed by atoms with Gasteiger partial charge in [0.1, 0.15) is 5.70 Å². The Labute approximate surface area is 99.2 Å². The molecule has 1 aromatic carbocycles. The van der Waals surface area contributed by atoms with Crippen molar-refractivity contribution in [1.29, 1.82) is 0 Å². The quantitative estimate of drug-likeness (QED) is 0.300. The zero-order chi connectivity index (χ0) is 12.7. The minimum atomic E-state index is -1.15. The highest BCUT2D eigenvalue weighted by atomic mass is 16.6. The van der Waals surface area contributed by atoms with Gasteiger partial charge in [-0.15, -0.1) is 0 Å². The monoisotopic (exact) mass is 234 g/mol. The van der Waals surface area contributed by atoms with Crippen LogP contribution in [0.15, 0.2) is 42.6 Å². The average molecular weight is 234 g/mol. The molecule has 0 heterocycles. The van der Waals surface area contributed by atoms with Crippen LogP contribution in [0.4, 0.5) is 5.69 Å². The summed E-state index contributed by atoms with van der Waals surface area (Å²) in [6.45, 7) is 3.47. The Morgan fingerprint density at radius 2 is 2.35 bits per heavy atom. The Kier molecular flexibility index (Phi) is 4.77. The molecule has 5 heteroatoms. The van der Waals surface area contributed by atoms with Crippen LogP contribution in [0.2, 0.25) is 0 Å². The number of carboxylic acids is 1. The van der Waals surface area contributed by atoms with Crippen LogP contribution in [0.3, 0.4) is 0 Å². The number of nitrogens with one attached hydrogen (secondary N) is 1. The molecule has 0 unspecified atom stereocenters. The summed E-state index contributed by atoms with van der Waals surface area (Å²) in [7, 11) is 0. The van der Waals surface area contributed by atoms with Gasteiger partial charge in [-0.1, -0.05) is 30.9 Å². The van der Waals surface area contributed by atoms with Gasteiger partial charge in [-0.05, 0) is 17.7 Å². The van der Waals surface area contributed by atoms with E-state index in [1.165, 1.54) is 0 Å². The van der Waals surface area contributed by atoms with Gasteiger partial charge in [0, 0.05) is 5.69 Å². The summed E-state index contributed by atoms with van der Waals surface area (Å²) in [6, 6.07) is 7.36. The van der Waals surface area contributed by atoms with Crippen LogP contribution >= 0.6 is 0 Å². The number of nitrogens with two attached hydrogens (primary N) is 1. The van der Waals surface area contributed by atoms with Crippen molar-refractivity contribution in [2.24, 2.45) is 0 Å². The fourth-order valence-electron chi connectivity index (χ4n) is 1.07. The second kappa shape index (κ2) is 6.34. The largest absolute Gasteiger partial charge is 0.477 e. The summed E-state index contributed by atoms with van der Waals surface area (Å²) >= 11 is 0. The maximum absolute atomic E-state index is 10.3. The van der Waals surface area contributed by atoms with E-state index in [1.807, 2.05) is 24.3 Å². The molecule has 90 valence electrons. The molecule has 0 aliphatic rings. The summed E-state index contributed by atoms with van der Waals surface area (Å²) in [5.74, 6) is -1.15. The standard InChI is InChI=1S/C12H14N2O3/c1-9(12(15)16)14-17-7-3-5-10-4-2-6-11(13)8-10/h2-6,8,14H,1,7,13H2,(H,15,16). The summed E-state index contributed by atoms with van der Waals surface area (Å²) in [4.78, 5) is 15.2. The van der Waals surface area contributed by atoms with E-state index in [4.69, 9.17) is 15.7 Å². The van der Waals surface area contributed by atoms with Gasteiger partial charge in [0.15, 0.2) is 0 Å². The van der Waals surface area contributed by atoms with E-state index < -0.39 is 5.97 Å². The second-order valence-electron chi connectivity index (χ2n) is 3.27. The van der Waals surface area contributed by atoms with Gasteiger partial charge in [0.25, 0.3) is 0 Å². The number of hydrogen-bond donors (Lipinski definition) is 3. The van der Waals surface area contributed by atoms with E-state index in [9.17, 15) is 4.79 Å². The molecule has 0 saturated heterocycles. The van der Waals surface area contributed by atoms with Crippen LogP contribution < -0.4 is 11.2 Å². The highest BCUT2D eigenvalue weighted by Gasteiger charge is 2.00. The second-order valence-corrected chi connectivity index (χ2v) is 3.27. The molecule has 0 spiro atoms. The molecule has 1 rings (SSSR count). The lowest BCUT2D eigenvalue weighted by Gasteiger charge is -2.03. The van der Waals surface area contributed by atoms with Crippen molar-refractivity contribution < 1.29 is 14.7 Å².